The number of rotatable bonds is 3. The maximum atomic E-state index is 12.2. The van der Waals surface area contributed by atoms with Gasteiger partial charge in [0.1, 0.15) is 10.7 Å². The third-order valence-corrected chi connectivity index (χ3v) is 3.42. The van der Waals surface area contributed by atoms with Crippen molar-refractivity contribution in [2.45, 2.75) is 13.3 Å². The lowest BCUT2D eigenvalue weighted by atomic mass is 9.94. The second kappa shape index (κ2) is 6.29. The van der Waals surface area contributed by atoms with E-state index in [1.165, 1.54) is 7.11 Å². The van der Waals surface area contributed by atoms with Gasteiger partial charge in [-0.2, -0.15) is 5.26 Å². The number of aromatic amines is 1. The fraction of sp³-hybridized carbons (Fsp3) is 0.200. The zero-order chi connectivity index (χ0) is 15.4. The summed E-state index contributed by atoms with van der Waals surface area (Å²) in [5.41, 5.74) is 2.45. The number of H-pyrrole nitrogens is 1. The molecule has 0 bridgehead atoms. The Morgan fingerprint density at radius 1 is 1.48 bits per heavy atom. The summed E-state index contributed by atoms with van der Waals surface area (Å²) < 4.78 is 5.18. The third-order valence-electron chi connectivity index (χ3n) is 3.12. The van der Waals surface area contributed by atoms with Crippen LogP contribution in [0.15, 0.2) is 24.5 Å². The predicted molar refractivity (Wildman–Crippen MR) is 80.3 cm³/mol. The fourth-order valence-corrected chi connectivity index (χ4v) is 2.43. The van der Waals surface area contributed by atoms with Crippen molar-refractivity contribution >= 4 is 18.2 Å². The second-order valence-corrected chi connectivity index (χ2v) is 4.66. The molecule has 0 amide bonds. The molecule has 2 aromatic rings. The third kappa shape index (κ3) is 2.69. The number of ether oxygens (including phenoxy) is 1. The summed E-state index contributed by atoms with van der Waals surface area (Å²) in [5.74, 6) is -0.499. The van der Waals surface area contributed by atoms with E-state index in [4.69, 9.17) is 17.0 Å². The standard InChI is InChI=1S/C15H13N3O2S/c1-3-11-13(15(19)20-2)12(9-4-6-17-7-5-9)10(8-16)14(21)18-11/h4-7H,3H2,1-2H3,(H,18,21). The summed E-state index contributed by atoms with van der Waals surface area (Å²) in [6.45, 7) is 1.90. The lowest BCUT2D eigenvalue weighted by Crippen LogP contribution is -2.11. The van der Waals surface area contributed by atoms with Crippen molar-refractivity contribution in [3.05, 3.63) is 46.0 Å². The number of pyridine rings is 2. The van der Waals surface area contributed by atoms with Gasteiger partial charge in [-0.25, -0.2) is 4.79 Å². The number of carbonyl (C=O) groups excluding carboxylic acids is 1. The predicted octanol–water partition coefficient (Wildman–Crippen LogP) is 3.03. The van der Waals surface area contributed by atoms with Gasteiger partial charge in [-0.3, -0.25) is 4.98 Å². The molecule has 0 aliphatic carbocycles. The van der Waals surface area contributed by atoms with E-state index in [-0.39, 0.29) is 5.56 Å². The molecule has 0 aliphatic rings. The fourth-order valence-electron chi connectivity index (χ4n) is 2.16. The summed E-state index contributed by atoms with van der Waals surface area (Å²) in [6, 6.07) is 5.54. The maximum absolute atomic E-state index is 12.2. The minimum Gasteiger partial charge on any atom is -0.465 e. The number of aromatic nitrogens is 2. The smallest absolute Gasteiger partial charge is 0.340 e. The molecule has 0 saturated heterocycles. The molecule has 0 radical (unpaired) electrons. The number of nitrogens with zero attached hydrogens (tertiary/aromatic N) is 2. The quantitative estimate of drug-likeness (QED) is 0.696. The molecule has 21 heavy (non-hydrogen) atoms. The normalized spacial score (nSPS) is 9.95. The van der Waals surface area contributed by atoms with Crippen LogP contribution in [0.3, 0.4) is 0 Å². The van der Waals surface area contributed by atoms with E-state index in [1.807, 2.05) is 6.92 Å². The summed E-state index contributed by atoms with van der Waals surface area (Å²) >= 11 is 5.23. The van der Waals surface area contributed by atoms with E-state index in [0.29, 0.717) is 33.4 Å². The molecule has 2 aromatic heterocycles. The van der Waals surface area contributed by atoms with Crippen molar-refractivity contribution in [2.24, 2.45) is 0 Å². The average Bonchev–Trinajstić information content (AvgIpc) is 2.53. The van der Waals surface area contributed by atoms with Crippen LogP contribution in [0.25, 0.3) is 11.1 Å². The number of carbonyl (C=O) groups is 1. The highest BCUT2D eigenvalue weighted by molar-refractivity contribution is 7.71. The van der Waals surface area contributed by atoms with Gasteiger partial charge in [-0.15, -0.1) is 0 Å². The molecule has 0 fully saturated rings. The van der Waals surface area contributed by atoms with Crippen LogP contribution in [0.5, 0.6) is 0 Å². The van der Waals surface area contributed by atoms with Crippen molar-refractivity contribution in [3.63, 3.8) is 0 Å². The molecular weight excluding hydrogens is 286 g/mol. The molecular formula is C15H13N3O2S. The maximum Gasteiger partial charge on any atom is 0.340 e. The highest BCUT2D eigenvalue weighted by atomic mass is 32.1. The van der Waals surface area contributed by atoms with Crippen LogP contribution in [0.2, 0.25) is 0 Å². The molecule has 0 aromatic carbocycles. The summed E-state index contributed by atoms with van der Waals surface area (Å²) in [5, 5.41) is 9.40. The molecule has 0 aliphatic heterocycles. The summed E-state index contributed by atoms with van der Waals surface area (Å²) in [4.78, 5) is 19.1. The van der Waals surface area contributed by atoms with Crippen LogP contribution in [-0.4, -0.2) is 23.0 Å². The van der Waals surface area contributed by atoms with Gasteiger partial charge >= 0.3 is 5.97 Å². The van der Waals surface area contributed by atoms with Gasteiger partial charge in [-0.1, -0.05) is 19.1 Å². The van der Waals surface area contributed by atoms with E-state index < -0.39 is 5.97 Å². The Morgan fingerprint density at radius 3 is 2.67 bits per heavy atom. The van der Waals surface area contributed by atoms with Gasteiger partial charge in [0.2, 0.25) is 0 Å². The minimum absolute atomic E-state index is 0.258. The Hall–Kier alpha value is -2.52. The molecule has 0 atom stereocenters. The molecule has 0 spiro atoms. The first-order valence-corrected chi connectivity index (χ1v) is 6.72. The van der Waals surface area contributed by atoms with Gasteiger partial charge in [0, 0.05) is 23.7 Å². The molecule has 1 N–H and O–H groups in total. The van der Waals surface area contributed by atoms with Gasteiger partial charge in [0.15, 0.2) is 0 Å². The lowest BCUT2D eigenvalue weighted by molar-refractivity contribution is 0.0600. The number of nitriles is 1. The van der Waals surface area contributed by atoms with Gasteiger partial charge in [0.05, 0.1) is 18.2 Å². The molecule has 0 saturated carbocycles. The highest BCUT2D eigenvalue weighted by Crippen LogP contribution is 2.30. The Labute approximate surface area is 127 Å². The van der Waals surface area contributed by atoms with Crippen LogP contribution in [0.1, 0.15) is 28.5 Å². The number of nitrogens with one attached hydrogen (secondary N) is 1. The summed E-state index contributed by atoms with van der Waals surface area (Å²) in [6.07, 6.45) is 3.77. The zero-order valence-corrected chi connectivity index (χ0v) is 12.5. The van der Waals surface area contributed by atoms with Gasteiger partial charge < -0.3 is 9.72 Å². The van der Waals surface area contributed by atoms with Crippen molar-refractivity contribution in [1.82, 2.24) is 9.97 Å². The van der Waals surface area contributed by atoms with Crippen molar-refractivity contribution in [1.29, 1.82) is 5.26 Å². The molecule has 0 unspecified atom stereocenters. The van der Waals surface area contributed by atoms with Crippen LogP contribution >= 0.6 is 12.2 Å². The molecule has 2 rings (SSSR count). The van der Waals surface area contributed by atoms with Crippen molar-refractivity contribution in [3.8, 4) is 17.2 Å². The first-order chi connectivity index (χ1) is 10.1. The minimum atomic E-state index is -0.499. The van der Waals surface area contributed by atoms with Gasteiger partial charge in [0.25, 0.3) is 0 Å². The SMILES string of the molecule is CCc1[nH]c(=S)c(C#N)c(-c2ccncc2)c1C(=O)OC. The van der Waals surface area contributed by atoms with Crippen molar-refractivity contribution in [2.75, 3.05) is 7.11 Å². The number of aryl methyl sites for hydroxylation is 1. The lowest BCUT2D eigenvalue weighted by Gasteiger charge is -2.14. The van der Waals surface area contributed by atoms with E-state index in [2.05, 4.69) is 16.0 Å². The van der Waals surface area contributed by atoms with Gasteiger partial charge in [-0.05, 0) is 24.1 Å². The van der Waals surface area contributed by atoms with E-state index in [0.717, 1.165) is 0 Å². The monoisotopic (exact) mass is 299 g/mol. The summed E-state index contributed by atoms with van der Waals surface area (Å²) in [7, 11) is 1.31. The molecule has 6 heteroatoms. The largest absolute Gasteiger partial charge is 0.465 e. The Balaban J connectivity index is 2.94. The Bertz CT molecular complexity index is 776. The molecule has 2 heterocycles. The van der Waals surface area contributed by atoms with Crippen LogP contribution in [0, 0.1) is 16.0 Å². The zero-order valence-electron chi connectivity index (χ0n) is 11.6. The number of methoxy groups -OCH3 is 1. The molecule has 5 nitrogen and oxygen atoms in total. The first-order valence-electron chi connectivity index (χ1n) is 6.32. The van der Waals surface area contributed by atoms with E-state index >= 15 is 0 Å². The number of esters is 1. The van der Waals surface area contributed by atoms with Crippen LogP contribution < -0.4 is 0 Å². The number of hydrogen-bond acceptors (Lipinski definition) is 5. The topological polar surface area (TPSA) is 78.8 Å². The Morgan fingerprint density at radius 2 is 2.14 bits per heavy atom. The van der Waals surface area contributed by atoms with Crippen molar-refractivity contribution < 1.29 is 9.53 Å². The van der Waals surface area contributed by atoms with Crippen LogP contribution in [0.4, 0.5) is 0 Å². The van der Waals surface area contributed by atoms with E-state index in [1.54, 1.807) is 24.5 Å². The Kier molecular flexibility index (Phi) is 4.45. The van der Waals surface area contributed by atoms with E-state index in [9.17, 15) is 10.1 Å². The van der Waals surface area contributed by atoms with Crippen LogP contribution in [-0.2, 0) is 11.2 Å². The first kappa shape index (κ1) is 14.9. The second-order valence-electron chi connectivity index (χ2n) is 4.25. The average molecular weight is 299 g/mol. The highest BCUT2D eigenvalue weighted by Gasteiger charge is 2.22. The number of hydrogen-bond donors (Lipinski definition) is 1. The molecule has 106 valence electrons.